The number of hydrogen-bond donors (Lipinski definition) is 1. The summed E-state index contributed by atoms with van der Waals surface area (Å²) in [6.45, 7) is 1.17. The van der Waals surface area contributed by atoms with Crippen LogP contribution in [0.15, 0.2) is 36.4 Å². The van der Waals surface area contributed by atoms with Crippen molar-refractivity contribution in [1.29, 1.82) is 0 Å². The van der Waals surface area contributed by atoms with E-state index in [0.717, 1.165) is 61.3 Å². The Labute approximate surface area is 182 Å². The van der Waals surface area contributed by atoms with Gasteiger partial charge in [-0.25, -0.2) is 9.13 Å². The van der Waals surface area contributed by atoms with Gasteiger partial charge in [0, 0.05) is 19.0 Å². The van der Waals surface area contributed by atoms with Crippen LogP contribution in [0, 0.1) is 0 Å². The summed E-state index contributed by atoms with van der Waals surface area (Å²) in [4.78, 5) is 12.8. The van der Waals surface area contributed by atoms with Crippen molar-refractivity contribution in [2.24, 2.45) is 0 Å². The van der Waals surface area contributed by atoms with E-state index in [0.29, 0.717) is 17.0 Å². The van der Waals surface area contributed by atoms with Gasteiger partial charge >= 0.3 is 6.18 Å². The van der Waals surface area contributed by atoms with Crippen LogP contribution in [0.25, 0.3) is 11.0 Å². The SMILES string of the molecule is O=C(Cn1c2[n+](c3ccc(C(F)(F)F)cc31)CCCCC2)NCc1ccc2c(c1)OCO2. The molecule has 2 aromatic carbocycles. The molecular formula is C23H23F3N3O3+. The number of amides is 1. The second-order valence-corrected chi connectivity index (χ2v) is 8.13. The van der Waals surface area contributed by atoms with Gasteiger partial charge in [-0.2, -0.15) is 13.2 Å². The van der Waals surface area contributed by atoms with E-state index in [2.05, 4.69) is 9.88 Å². The molecule has 9 heteroatoms. The van der Waals surface area contributed by atoms with E-state index in [-0.39, 0.29) is 25.8 Å². The van der Waals surface area contributed by atoms with Gasteiger partial charge in [-0.15, -0.1) is 0 Å². The highest BCUT2D eigenvalue weighted by Gasteiger charge is 2.34. The smallest absolute Gasteiger partial charge is 0.416 e. The first-order valence-corrected chi connectivity index (χ1v) is 10.7. The van der Waals surface area contributed by atoms with Gasteiger partial charge in [0.1, 0.15) is 0 Å². The van der Waals surface area contributed by atoms with Crippen molar-refractivity contribution in [1.82, 2.24) is 9.88 Å². The van der Waals surface area contributed by atoms with E-state index in [9.17, 15) is 18.0 Å². The first kappa shape index (κ1) is 20.7. The van der Waals surface area contributed by atoms with E-state index >= 15 is 0 Å². The summed E-state index contributed by atoms with van der Waals surface area (Å²) >= 11 is 0. The van der Waals surface area contributed by atoms with Crippen LogP contribution in [0.3, 0.4) is 0 Å². The molecule has 1 amide bonds. The van der Waals surface area contributed by atoms with Gasteiger partial charge < -0.3 is 14.8 Å². The quantitative estimate of drug-likeness (QED) is 0.622. The normalized spacial score (nSPS) is 15.5. The average Bonchev–Trinajstić information content (AvgIpc) is 3.24. The molecule has 0 saturated heterocycles. The van der Waals surface area contributed by atoms with Crippen LogP contribution in [0.4, 0.5) is 13.2 Å². The Hall–Kier alpha value is -3.23. The second-order valence-electron chi connectivity index (χ2n) is 8.13. The molecule has 5 rings (SSSR count). The highest BCUT2D eigenvalue weighted by atomic mass is 19.4. The molecule has 0 bridgehead atoms. The lowest BCUT2D eigenvalue weighted by Crippen LogP contribution is -2.38. The summed E-state index contributed by atoms with van der Waals surface area (Å²) in [5.41, 5.74) is 1.32. The van der Waals surface area contributed by atoms with Gasteiger partial charge in [-0.1, -0.05) is 6.07 Å². The number of imidazole rings is 1. The van der Waals surface area contributed by atoms with E-state index in [1.165, 1.54) is 6.07 Å². The van der Waals surface area contributed by atoms with Crippen LogP contribution in [0.1, 0.15) is 36.2 Å². The van der Waals surface area contributed by atoms with Crippen LogP contribution in [-0.2, 0) is 37.0 Å². The van der Waals surface area contributed by atoms with Crippen LogP contribution >= 0.6 is 0 Å². The largest absolute Gasteiger partial charge is 0.454 e. The molecule has 2 aliphatic rings. The van der Waals surface area contributed by atoms with Gasteiger partial charge in [0.2, 0.25) is 6.79 Å². The Balaban J connectivity index is 1.41. The standard InChI is InChI=1S/C23H22F3N3O3/c24-23(25,26)16-6-7-17-18(11-16)29(22-4-2-1-3-9-28(17)22)13-21(30)27-12-15-5-8-19-20(10-15)32-14-31-19/h5-8,10-11H,1-4,9,12-14H2/p+1. The number of ether oxygens (including phenoxy) is 2. The molecule has 0 spiro atoms. The minimum Gasteiger partial charge on any atom is -0.454 e. The summed E-state index contributed by atoms with van der Waals surface area (Å²) in [7, 11) is 0. The van der Waals surface area contributed by atoms with Crippen LogP contribution < -0.4 is 19.4 Å². The summed E-state index contributed by atoms with van der Waals surface area (Å²) in [5, 5.41) is 2.87. The third kappa shape index (κ3) is 3.87. The Morgan fingerprint density at radius 3 is 2.75 bits per heavy atom. The summed E-state index contributed by atoms with van der Waals surface area (Å²) in [5.74, 6) is 1.94. The van der Waals surface area contributed by atoms with Crippen LogP contribution in [0.2, 0.25) is 0 Å². The summed E-state index contributed by atoms with van der Waals surface area (Å²) in [6.07, 6.45) is -0.742. The highest BCUT2D eigenvalue weighted by molar-refractivity contribution is 5.80. The van der Waals surface area contributed by atoms with Crippen molar-refractivity contribution in [2.75, 3.05) is 6.79 Å². The average molecular weight is 446 g/mol. The lowest BCUT2D eigenvalue weighted by molar-refractivity contribution is -0.678. The minimum absolute atomic E-state index is 0.0370. The minimum atomic E-state index is -4.44. The first-order chi connectivity index (χ1) is 15.4. The second kappa shape index (κ2) is 8.03. The first-order valence-electron chi connectivity index (χ1n) is 10.7. The van der Waals surface area contributed by atoms with Gasteiger partial charge in [0.15, 0.2) is 29.1 Å². The molecule has 1 aromatic heterocycles. The van der Waals surface area contributed by atoms with Crippen molar-refractivity contribution in [3.8, 4) is 11.5 Å². The molecule has 32 heavy (non-hydrogen) atoms. The lowest BCUT2D eigenvalue weighted by atomic mass is 10.2. The number of rotatable bonds is 4. The fourth-order valence-electron chi connectivity index (χ4n) is 4.44. The number of benzene rings is 2. The van der Waals surface area contributed by atoms with Gasteiger partial charge in [-0.3, -0.25) is 4.79 Å². The molecule has 6 nitrogen and oxygen atoms in total. The van der Waals surface area contributed by atoms with Crippen molar-refractivity contribution in [2.45, 2.75) is 51.5 Å². The van der Waals surface area contributed by atoms with Gasteiger partial charge in [0.05, 0.1) is 12.1 Å². The van der Waals surface area contributed by atoms with Crippen molar-refractivity contribution >= 4 is 16.9 Å². The summed E-state index contributed by atoms with van der Waals surface area (Å²) < 4.78 is 54.5. The molecule has 2 aliphatic heterocycles. The number of fused-ring (bicyclic) bond motifs is 4. The van der Waals surface area contributed by atoms with Crippen molar-refractivity contribution < 1.29 is 32.0 Å². The number of aromatic nitrogens is 2. The molecule has 0 saturated carbocycles. The third-order valence-electron chi connectivity index (χ3n) is 6.02. The molecule has 0 aliphatic carbocycles. The van der Waals surface area contributed by atoms with Crippen molar-refractivity contribution in [3.63, 3.8) is 0 Å². The molecule has 0 radical (unpaired) electrons. The van der Waals surface area contributed by atoms with E-state index in [4.69, 9.17) is 9.47 Å². The fraction of sp³-hybridized carbons (Fsp3) is 0.391. The maximum atomic E-state index is 13.3. The van der Waals surface area contributed by atoms with Gasteiger partial charge in [-0.05, 0) is 49.1 Å². The fourth-order valence-corrected chi connectivity index (χ4v) is 4.44. The molecule has 1 N–H and O–H groups in total. The number of carbonyl (C=O) groups excluding carboxylic acids is 1. The number of carbonyl (C=O) groups is 1. The number of alkyl halides is 3. The highest BCUT2D eigenvalue weighted by Crippen LogP contribution is 2.33. The lowest BCUT2D eigenvalue weighted by Gasteiger charge is -2.08. The zero-order valence-electron chi connectivity index (χ0n) is 17.4. The molecule has 168 valence electrons. The summed E-state index contributed by atoms with van der Waals surface area (Å²) in [6, 6.07) is 9.24. The number of aryl methyl sites for hydroxylation is 1. The third-order valence-corrected chi connectivity index (χ3v) is 6.02. The van der Waals surface area contributed by atoms with E-state index < -0.39 is 11.7 Å². The van der Waals surface area contributed by atoms with E-state index in [1.807, 2.05) is 12.1 Å². The van der Waals surface area contributed by atoms with Crippen molar-refractivity contribution in [3.05, 3.63) is 53.3 Å². The molecule has 3 heterocycles. The van der Waals surface area contributed by atoms with Gasteiger partial charge in [0.25, 0.3) is 11.7 Å². The number of halogens is 3. The molecule has 0 unspecified atom stereocenters. The number of nitrogens with one attached hydrogen (secondary N) is 1. The monoisotopic (exact) mass is 446 g/mol. The Morgan fingerprint density at radius 1 is 1.06 bits per heavy atom. The number of nitrogens with zero attached hydrogens (tertiary/aromatic N) is 2. The zero-order valence-corrected chi connectivity index (χ0v) is 17.4. The zero-order chi connectivity index (χ0) is 22.3. The Kier molecular flexibility index (Phi) is 5.19. The topological polar surface area (TPSA) is 56.4 Å². The predicted molar refractivity (Wildman–Crippen MR) is 109 cm³/mol. The molecule has 0 atom stereocenters. The number of hydrogen-bond acceptors (Lipinski definition) is 3. The molecule has 3 aromatic rings. The maximum Gasteiger partial charge on any atom is 0.416 e. The van der Waals surface area contributed by atoms with Crippen LogP contribution in [-0.4, -0.2) is 17.3 Å². The Morgan fingerprint density at radius 2 is 1.91 bits per heavy atom. The Bertz CT molecular complexity index is 1190. The molecule has 0 fully saturated rings. The maximum absolute atomic E-state index is 13.3. The van der Waals surface area contributed by atoms with Crippen LogP contribution in [0.5, 0.6) is 11.5 Å². The predicted octanol–water partition coefficient (Wildman–Crippen LogP) is 3.72. The molecular weight excluding hydrogens is 423 g/mol. The van der Waals surface area contributed by atoms with E-state index in [1.54, 1.807) is 10.6 Å².